The Morgan fingerprint density at radius 2 is 1.83 bits per heavy atom. The van der Waals surface area contributed by atoms with Crippen molar-refractivity contribution < 1.29 is 14.3 Å². The Bertz CT molecular complexity index is 1060. The third-order valence-electron chi connectivity index (χ3n) is 6.17. The fourth-order valence-electron chi connectivity index (χ4n) is 4.73. The number of likely N-dealkylation sites (tertiary alicyclic amines) is 1. The van der Waals surface area contributed by atoms with Crippen LogP contribution in [0.1, 0.15) is 0 Å². The van der Waals surface area contributed by atoms with E-state index in [0.717, 1.165) is 41.1 Å². The van der Waals surface area contributed by atoms with Crippen LogP contribution in [0.15, 0.2) is 36.5 Å². The van der Waals surface area contributed by atoms with Crippen LogP contribution in [0.25, 0.3) is 22.2 Å². The van der Waals surface area contributed by atoms with Gasteiger partial charge in [-0.05, 0) is 43.1 Å². The van der Waals surface area contributed by atoms with Gasteiger partial charge in [0.15, 0.2) is 0 Å². The zero-order chi connectivity index (χ0) is 20.1. The van der Waals surface area contributed by atoms with Crippen molar-refractivity contribution in [1.29, 1.82) is 0 Å². The van der Waals surface area contributed by atoms with E-state index in [1.54, 1.807) is 14.2 Å². The number of aromatic amines is 1. The topological polar surface area (TPSA) is 79.5 Å². The predicted molar refractivity (Wildman–Crippen MR) is 111 cm³/mol. The first-order valence-corrected chi connectivity index (χ1v) is 9.79. The van der Waals surface area contributed by atoms with E-state index in [2.05, 4.69) is 27.2 Å². The molecule has 5 rings (SSSR count). The molecular weight excluding hydrogens is 368 g/mol. The van der Waals surface area contributed by atoms with Gasteiger partial charge in [0.05, 0.1) is 19.8 Å². The number of benzene rings is 1. The number of H-pyrrole nitrogens is 1. The highest BCUT2D eigenvalue weighted by Gasteiger charge is 2.58. The van der Waals surface area contributed by atoms with Crippen LogP contribution in [0.3, 0.4) is 0 Å². The summed E-state index contributed by atoms with van der Waals surface area (Å²) in [5, 5.41) is 3.94. The molecular formula is C22H24N4O3. The minimum absolute atomic E-state index is 0.0816. The number of pyridine rings is 1. The molecule has 2 aromatic heterocycles. The quantitative estimate of drug-likeness (QED) is 0.698. The number of fused-ring (bicyclic) bond motifs is 2. The van der Waals surface area contributed by atoms with E-state index in [0.29, 0.717) is 23.3 Å². The number of ether oxygens (including phenoxy) is 2. The van der Waals surface area contributed by atoms with Gasteiger partial charge in [-0.25, -0.2) is 4.98 Å². The summed E-state index contributed by atoms with van der Waals surface area (Å²) >= 11 is 0. The molecule has 2 unspecified atom stereocenters. The number of amides is 1. The maximum absolute atomic E-state index is 12.6. The molecule has 150 valence electrons. The zero-order valence-corrected chi connectivity index (χ0v) is 16.7. The first-order chi connectivity index (χ1) is 14.1. The Morgan fingerprint density at radius 3 is 2.48 bits per heavy atom. The highest BCUT2D eigenvalue weighted by atomic mass is 16.5. The lowest BCUT2D eigenvalue weighted by Crippen LogP contribution is -2.25. The third-order valence-corrected chi connectivity index (χ3v) is 6.17. The normalized spacial score (nSPS) is 23.1. The second-order valence-corrected chi connectivity index (χ2v) is 7.90. The largest absolute Gasteiger partial charge is 0.496 e. The molecule has 2 fully saturated rings. The number of aromatic nitrogens is 2. The van der Waals surface area contributed by atoms with E-state index in [1.165, 1.54) is 0 Å². The van der Waals surface area contributed by atoms with Gasteiger partial charge >= 0.3 is 0 Å². The van der Waals surface area contributed by atoms with Gasteiger partial charge in [0.2, 0.25) is 5.91 Å². The van der Waals surface area contributed by atoms with E-state index in [4.69, 9.17) is 9.47 Å². The van der Waals surface area contributed by atoms with Gasteiger partial charge in [0, 0.05) is 36.2 Å². The number of nitrogens with zero attached hydrogens (tertiary/aromatic N) is 2. The number of hydrogen-bond acceptors (Lipinski definition) is 5. The Morgan fingerprint density at radius 1 is 1.14 bits per heavy atom. The molecule has 7 nitrogen and oxygen atoms in total. The lowest BCUT2D eigenvalue weighted by molar-refractivity contribution is -0.118. The van der Waals surface area contributed by atoms with Crippen LogP contribution >= 0.6 is 0 Å². The van der Waals surface area contributed by atoms with Gasteiger partial charge in [0.1, 0.15) is 23.0 Å². The van der Waals surface area contributed by atoms with Gasteiger partial charge in [-0.1, -0.05) is 6.07 Å². The van der Waals surface area contributed by atoms with Crippen molar-refractivity contribution in [1.82, 2.24) is 14.9 Å². The molecule has 3 aromatic rings. The number of hydrogen-bond donors (Lipinski definition) is 2. The summed E-state index contributed by atoms with van der Waals surface area (Å²) in [6.45, 7) is 2.02. The van der Waals surface area contributed by atoms with Crippen LogP contribution in [0, 0.1) is 17.8 Å². The fourth-order valence-corrected chi connectivity index (χ4v) is 4.73. The van der Waals surface area contributed by atoms with E-state index >= 15 is 0 Å². The van der Waals surface area contributed by atoms with Crippen LogP contribution in [-0.2, 0) is 4.79 Å². The van der Waals surface area contributed by atoms with Gasteiger partial charge < -0.3 is 24.7 Å². The third kappa shape index (κ3) is 2.93. The molecule has 0 bridgehead atoms. The number of rotatable bonds is 5. The lowest BCUT2D eigenvalue weighted by atomic mass is 10.0. The molecule has 0 radical (unpaired) electrons. The predicted octanol–water partition coefficient (Wildman–Crippen LogP) is 2.99. The summed E-state index contributed by atoms with van der Waals surface area (Å²) in [5.41, 5.74) is 2.53. The Balaban J connectivity index is 1.42. The minimum atomic E-state index is 0.0816. The molecule has 1 amide bonds. The van der Waals surface area contributed by atoms with E-state index in [9.17, 15) is 4.79 Å². The van der Waals surface area contributed by atoms with Gasteiger partial charge in [0.25, 0.3) is 0 Å². The molecule has 1 saturated heterocycles. The number of methoxy groups -OCH3 is 2. The summed E-state index contributed by atoms with van der Waals surface area (Å²) in [7, 11) is 5.39. The molecule has 0 spiro atoms. The van der Waals surface area contributed by atoms with Crippen LogP contribution in [0.2, 0.25) is 0 Å². The number of carbonyl (C=O) groups excluding carboxylic acids is 1. The van der Waals surface area contributed by atoms with E-state index in [-0.39, 0.29) is 11.8 Å². The maximum atomic E-state index is 12.6. The Hall–Kier alpha value is -3.06. The molecule has 1 saturated carbocycles. The van der Waals surface area contributed by atoms with Crippen molar-refractivity contribution in [2.75, 3.05) is 39.7 Å². The first kappa shape index (κ1) is 18.0. The number of carbonyl (C=O) groups is 1. The second-order valence-electron chi connectivity index (χ2n) is 7.90. The summed E-state index contributed by atoms with van der Waals surface area (Å²) < 4.78 is 11.1. The molecule has 1 aromatic carbocycles. The molecule has 3 heterocycles. The second kappa shape index (κ2) is 6.77. The molecule has 29 heavy (non-hydrogen) atoms. The molecule has 7 heteroatoms. The van der Waals surface area contributed by atoms with Crippen molar-refractivity contribution in [3.8, 4) is 22.6 Å². The van der Waals surface area contributed by atoms with E-state index in [1.807, 2.05) is 36.5 Å². The van der Waals surface area contributed by atoms with Gasteiger partial charge in [-0.2, -0.15) is 0 Å². The average molecular weight is 392 g/mol. The van der Waals surface area contributed by atoms with Crippen molar-refractivity contribution in [3.63, 3.8) is 0 Å². The molecule has 1 aliphatic carbocycles. The highest BCUT2D eigenvalue weighted by Crippen LogP contribution is 2.51. The van der Waals surface area contributed by atoms with Crippen molar-refractivity contribution >= 4 is 22.8 Å². The summed E-state index contributed by atoms with van der Waals surface area (Å²) in [6, 6.07) is 9.53. The van der Waals surface area contributed by atoms with Crippen molar-refractivity contribution in [2.45, 2.75) is 0 Å². The first-order valence-electron chi connectivity index (χ1n) is 9.79. The van der Waals surface area contributed by atoms with Crippen LogP contribution in [0.4, 0.5) is 5.82 Å². The molecule has 2 N–H and O–H groups in total. The van der Waals surface area contributed by atoms with Crippen molar-refractivity contribution in [3.05, 3.63) is 36.5 Å². The monoisotopic (exact) mass is 392 g/mol. The summed E-state index contributed by atoms with van der Waals surface area (Å²) in [6.07, 6.45) is 1.89. The summed E-state index contributed by atoms with van der Waals surface area (Å²) in [4.78, 5) is 22.7. The van der Waals surface area contributed by atoms with E-state index < -0.39 is 0 Å². The zero-order valence-electron chi connectivity index (χ0n) is 16.7. The number of anilines is 1. The Kier molecular flexibility index (Phi) is 4.20. The molecule has 1 aliphatic heterocycles. The fraction of sp³-hybridized carbons (Fsp3) is 0.364. The Labute approximate surface area is 169 Å². The highest BCUT2D eigenvalue weighted by molar-refractivity contribution is 5.99. The smallest absolute Gasteiger partial charge is 0.229 e. The van der Waals surface area contributed by atoms with Crippen LogP contribution in [-0.4, -0.2) is 55.1 Å². The molecule has 2 aliphatic rings. The SMILES string of the molecule is COc1cccc(OC)c1-c1c[nH]c2nc(NC(=O)C3C4CN(C)CC43)ccc12. The summed E-state index contributed by atoms with van der Waals surface area (Å²) in [5.74, 6) is 3.23. The lowest BCUT2D eigenvalue weighted by Gasteiger charge is -2.13. The average Bonchev–Trinajstić information content (AvgIpc) is 3.05. The molecule has 2 atom stereocenters. The van der Waals surface area contributed by atoms with Gasteiger partial charge in [-0.15, -0.1) is 0 Å². The number of piperidine rings is 1. The van der Waals surface area contributed by atoms with Crippen LogP contribution < -0.4 is 14.8 Å². The van der Waals surface area contributed by atoms with Crippen LogP contribution in [0.5, 0.6) is 11.5 Å². The van der Waals surface area contributed by atoms with Gasteiger partial charge in [-0.3, -0.25) is 4.79 Å². The number of nitrogens with one attached hydrogen (secondary N) is 2. The minimum Gasteiger partial charge on any atom is -0.496 e. The maximum Gasteiger partial charge on any atom is 0.229 e. The van der Waals surface area contributed by atoms with Crippen molar-refractivity contribution in [2.24, 2.45) is 17.8 Å². The standard InChI is InChI=1S/C22H24N4O3/c1-26-10-14-15(11-26)19(14)22(27)25-18-8-7-12-13(9-23-21(12)24-18)20-16(28-2)5-4-6-17(20)29-3/h4-9,14-15,19H,10-11H2,1-3H3,(H2,23,24,25,27).